The van der Waals surface area contributed by atoms with Crippen molar-refractivity contribution in [3.8, 4) is 16.9 Å². The Hall–Kier alpha value is -3.59. The van der Waals surface area contributed by atoms with Crippen LogP contribution in [0, 0.1) is 0 Å². The Kier molecular flexibility index (Phi) is 5.30. The van der Waals surface area contributed by atoms with Gasteiger partial charge in [-0.15, -0.1) is 0 Å². The first-order valence-corrected chi connectivity index (χ1v) is 9.72. The lowest BCUT2D eigenvalue weighted by molar-refractivity contribution is 0.0692. The minimum Gasteiger partial charge on any atom is -0.488 e. The van der Waals surface area contributed by atoms with Crippen LogP contribution >= 0.6 is 0 Å². The van der Waals surface area contributed by atoms with Crippen molar-refractivity contribution in [2.45, 2.75) is 20.0 Å². The summed E-state index contributed by atoms with van der Waals surface area (Å²) in [6, 6.07) is 27.7. The van der Waals surface area contributed by atoms with Gasteiger partial charge in [0, 0.05) is 0 Å². The molecule has 0 atom stereocenters. The van der Waals surface area contributed by atoms with Crippen molar-refractivity contribution in [3.05, 3.63) is 102 Å². The van der Waals surface area contributed by atoms with Gasteiger partial charge in [-0.3, -0.25) is 0 Å². The van der Waals surface area contributed by atoms with Gasteiger partial charge in [0.15, 0.2) is 0 Å². The van der Waals surface area contributed by atoms with E-state index in [1.807, 2.05) is 48.5 Å². The lowest BCUT2D eigenvalue weighted by Gasteiger charge is -2.13. The van der Waals surface area contributed by atoms with Crippen molar-refractivity contribution >= 4 is 16.7 Å². The summed E-state index contributed by atoms with van der Waals surface area (Å²) < 4.78 is 6.03. The van der Waals surface area contributed by atoms with Gasteiger partial charge < -0.3 is 9.84 Å². The van der Waals surface area contributed by atoms with Gasteiger partial charge in [0.25, 0.3) is 0 Å². The number of fused-ring (bicyclic) bond motifs is 1. The highest BCUT2D eigenvalue weighted by Gasteiger charge is 2.14. The van der Waals surface area contributed by atoms with E-state index in [2.05, 4.69) is 37.3 Å². The summed E-state index contributed by atoms with van der Waals surface area (Å²) in [4.78, 5) is 11.7. The Bertz CT molecular complexity index is 1170. The van der Waals surface area contributed by atoms with E-state index in [-0.39, 0.29) is 5.56 Å². The van der Waals surface area contributed by atoms with Crippen LogP contribution in [0.2, 0.25) is 0 Å². The van der Waals surface area contributed by atoms with Gasteiger partial charge in [-0.25, -0.2) is 4.79 Å². The number of carboxylic acids is 1. The van der Waals surface area contributed by atoms with Gasteiger partial charge >= 0.3 is 5.97 Å². The molecular formula is C26H22O3. The smallest absolute Gasteiger partial charge is 0.339 e. The van der Waals surface area contributed by atoms with E-state index in [1.54, 1.807) is 6.07 Å². The summed E-state index contributed by atoms with van der Waals surface area (Å²) in [7, 11) is 0. The maximum atomic E-state index is 11.7. The van der Waals surface area contributed by atoms with Crippen LogP contribution in [0.15, 0.2) is 84.9 Å². The van der Waals surface area contributed by atoms with Crippen LogP contribution in [0.5, 0.6) is 5.75 Å². The Morgan fingerprint density at radius 2 is 1.62 bits per heavy atom. The Labute approximate surface area is 170 Å². The summed E-state index contributed by atoms with van der Waals surface area (Å²) in [6.45, 7) is 2.42. The van der Waals surface area contributed by atoms with Crippen LogP contribution in [-0.4, -0.2) is 11.1 Å². The number of hydrogen-bond donors (Lipinski definition) is 1. The highest BCUT2D eigenvalue weighted by atomic mass is 16.5. The van der Waals surface area contributed by atoms with Crippen molar-refractivity contribution in [3.63, 3.8) is 0 Å². The molecule has 0 unspecified atom stereocenters. The van der Waals surface area contributed by atoms with Crippen LogP contribution in [0.1, 0.15) is 28.4 Å². The molecule has 0 saturated carbocycles. The first-order valence-electron chi connectivity index (χ1n) is 9.72. The highest BCUT2D eigenvalue weighted by molar-refractivity contribution is 5.92. The fourth-order valence-corrected chi connectivity index (χ4v) is 3.54. The molecule has 0 heterocycles. The lowest BCUT2D eigenvalue weighted by Crippen LogP contribution is -2.04. The normalized spacial score (nSPS) is 10.8. The number of hydrogen-bond acceptors (Lipinski definition) is 2. The first-order chi connectivity index (χ1) is 14.2. The van der Waals surface area contributed by atoms with Gasteiger partial charge in [0.1, 0.15) is 17.9 Å². The topological polar surface area (TPSA) is 46.5 Å². The molecule has 0 spiro atoms. The Morgan fingerprint density at radius 1 is 0.862 bits per heavy atom. The van der Waals surface area contributed by atoms with Crippen molar-refractivity contribution in [1.82, 2.24) is 0 Å². The first kappa shape index (κ1) is 18.8. The van der Waals surface area contributed by atoms with E-state index in [9.17, 15) is 9.90 Å². The minimum absolute atomic E-state index is 0.167. The summed E-state index contributed by atoms with van der Waals surface area (Å²) in [5, 5.41) is 11.8. The molecule has 1 N–H and O–H groups in total. The third-order valence-corrected chi connectivity index (χ3v) is 5.14. The van der Waals surface area contributed by atoms with Gasteiger partial charge in [0.2, 0.25) is 0 Å². The molecule has 0 saturated heterocycles. The van der Waals surface area contributed by atoms with Gasteiger partial charge in [-0.1, -0.05) is 79.7 Å². The summed E-state index contributed by atoms with van der Waals surface area (Å²) in [5.41, 5.74) is 4.43. The number of aryl methyl sites for hydroxylation is 1. The Morgan fingerprint density at radius 3 is 2.45 bits per heavy atom. The predicted molar refractivity (Wildman–Crippen MR) is 116 cm³/mol. The second-order valence-corrected chi connectivity index (χ2v) is 7.00. The summed E-state index contributed by atoms with van der Waals surface area (Å²) in [5.74, 6) is -0.614. The third kappa shape index (κ3) is 3.99. The van der Waals surface area contributed by atoms with Crippen LogP contribution in [0.3, 0.4) is 0 Å². The number of carboxylic acid groups (broad SMARTS) is 1. The van der Waals surface area contributed by atoms with Crippen LogP contribution < -0.4 is 4.74 Å². The van der Waals surface area contributed by atoms with Crippen LogP contribution in [-0.2, 0) is 13.0 Å². The van der Waals surface area contributed by atoms with Crippen LogP contribution in [0.25, 0.3) is 21.9 Å². The van der Waals surface area contributed by atoms with Gasteiger partial charge in [0.05, 0.1) is 0 Å². The zero-order valence-corrected chi connectivity index (χ0v) is 16.3. The standard InChI is InChI=1S/C26H22O3/c1-2-18-7-5-10-20(15-18)21-13-14-24(26(27)28)25(16-21)29-17-22-11-6-9-19-8-3-4-12-23(19)22/h3-16H,2,17H2,1H3,(H,27,28). The zero-order chi connectivity index (χ0) is 20.2. The molecule has 4 aromatic rings. The lowest BCUT2D eigenvalue weighted by atomic mass is 10.00. The largest absolute Gasteiger partial charge is 0.488 e. The van der Waals surface area contributed by atoms with Crippen LogP contribution in [0.4, 0.5) is 0 Å². The number of rotatable bonds is 6. The molecule has 4 aromatic carbocycles. The summed E-state index contributed by atoms with van der Waals surface area (Å²) in [6.07, 6.45) is 0.950. The quantitative estimate of drug-likeness (QED) is 0.423. The second-order valence-electron chi connectivity index (χ2n) is 7.00. The van der Waals surface area contributed by atoms with Gasteiger partial charge in [-0.05, 0) is 51.6 Å². The zero-order valence-electron chi connectivity index (χ0n) is 16.3. The molecule has 0 amide bonds. The maximum absolute atomic E-state index is 11.7. The molecule has 4 rings (SSSR count). The molecule has 0 fully saturated rings. The third-order valence-electron chi connectivity index (χ3n) is 5.14. The maximum Gasteiger partial charge on any atom is 0.339 e. The summed E-state index contributed by atoms with van der Waals surface area (Å²) >= 11 is 0. The highest BCUT2D eigenvalue weighted by Crippen LogP contribution is 2.29. The van der Waals surface area contributed by atoms with E-state index in [4.69, 9.17) is 4.74 Å². The molecule has 3 nitrogen and oxygen atoms in total. The van der Waals surface area contributed by atoms with E-state index in [1.165, 1.54) is 5.56 Å². The SMILES string of the molecule is CCc1cccc(-c2ccc(C(=O)O)c(OCc3cccc4ccccc34)c2)c1. The van der Waals surface area contributed by atoms with E-state index >= 15 is 0 Å². The van der Waals surface area contributed by atoms with Crippen molar-refractivity contribution < 1.29 is 14.6 Å². The number of benzene rings is 4. The monoisotopic (exact) mass is 382 g/mol. The molecule has 3 heteroatoms. The molecule has 0 bridgehead atoms. The molecule has 29 heavy (non-hydrogen) atoms. The number of ether oxygens (including phenoxy) is 1. The molecule has 0 aliphatic rings. The Balaban J connectivity index is 1.68. The molecule has 144 valence electrons. The van der Waals surface area contributed by atoms with Crippen molar-refractivity contribution in [2.75, 3.05) is 0 Å². The molecular weight excluding hydrogens is 360 g/mol. The second kappa shape index (κ2) is 8.19. The number of aromatic carboxylic acids is 1. The van der Waals surface area contributed by atoms with Crippen molar-refractivity contribution in [2.24, 2.45) is 0 Å². The molecule has 0 radical (unpaired) electrons. The molecule has 0 aliphatic heterocycles. The molecule has 0 aliphatic carbocycles. The van der Waals surface area contributed by atoms with E-state index in [0.717, 1.165) is 33.9 Å². The van der Waals surface area contributed by atoms with Gasteiger partial charge in [-0.2, -0.15) is 0 Å². The number of carbonyl (C=O) groups is 1. The molecule has 0 aromatic heterocycles. The average molecular weight is 382 g/mol. The predicted octanol–water partition coefficient (Wildman–Crippen LogP) is 6.35. The van der Waals surface area contributed by atoms with Crippen molar-refractivity contribution in [1.29, 1.82) is 0 Å². The minimum atomic E-state index is -0.994. The average Bonchev–Trinajstić information content (AvgIpc) is 2.77. The fourth-order valence-electron chi connectivity index (χ4n) is 3.54. The van der Waals surface area contributed by atoms with E-state index < -0.39 is 5.97 Å². The fraction of sp³-hybridized carbons (Fsp3) is 0.115. The van der Waals surface area contributed by atoms with E-state index in [0.29, 0.717) is 12.4 Å².